The minimum Gasteiger partial charge on any atom is -0.508 e. The highest BCUT2D eigenvalue weighted by atomic mass is 35.5. The molecular formula is C24H35Cl2N7O. The number of phenols is 1. The first-order chi connectivity index (χ1) is 15.6. The second-order valence-corrected chi connectivity index (χ2v) is 9.15. The van der Waals surface area contributed by atoms with Crippen LogP contribution in [-0.4, -0.2) is 43.3 Å². The predicted molar refractivity (Wildman–Crippen MR) is 142 cm³/mol. The Balaban J connectivity index is 0.00000162. The number of benzene rings is 1. The van der Waals surface area contributed by atoms with Crippen LogP contribution >= 0.6 is 24.8 Å². The average Bonchev–Trinajstić information content (AvgIpc) is 3.47. The number of anilines is 3. The third kappa shape index (κ3) is 5.34. The lowest BCUT2D eigenvalue weighted by Gasteiger charge is -2.28. The van der Waals surface area contributed by atoms with Gasteiger partial charge in [-0.15, -0.1) is 24.8 Å². The van der Waals surface area contributed by atoms with Crippen LogP contribution in [0.4, 0.5) is 17.5 Å². The maximum Gasteiger partial charge on any atom is 0.227 e. The van der Waals surface area contributed by atoms with E-state index in [0.29, 0.717) is 24.1 Å². The van der Waals surface area contributed by atoms with Gasteiger partial charge in [0.25, 0.3) is 0 Å². The van der Waals surface area contributed by atoms with Crippen LogP contribution in [0.3, 0.4) is 0 Å². The van der Waals surface area contributed by atoms with E-state index in [4.69, 9.17) is 20.7 Å². The van der Waals surface area contributed by atoms with Crippen LogP contribution in [0.1, 0.15) is 64.3 Å². The molecule has 10 heteroatoms. The zero-order valence-electron chi connectivity index (χ0n) is 19.6. The van der Waals surface area contributed by atoms with Gasteiger partial charge in [-0.1, -0.05) is 12.8 Å². The van der Waals surface area contributed by atoms with E-state index in [-0.39, 0.29) is 30.6 Å². The first kappa shape index (κ1) is 26.3. The van der Waals surface area contributed by atoms with Crippen molar-refractivity contribution in [2.75, 3.05) is 16.8 Å². The molecule has 8 nitrogen and oxygen atoms in total. The Hall–Kier alpha value is -2.29. The predicted octanol–water partition coefficient (Wildman–Crippen LogP) is 5.33. The van der Waals surface area contributed by atoms with E-state index in [1.807, 2.05) is 18.5 Å². The Morgan fingerprint density at radius 1 is 1.03 bits per heavy atom. The van der Waals surface area contributed by atoms with Gasteiger partial charge in [-0.3, -0.25) is 0 Å². The van der Waals surface area contributed by atoms with Crippen LogP contribution in [0.15, 0.2) is 30.6 Å². The van der Waals surface area contributed by atoms with Gasteiger partial charge in [0.2, 0.25) is 5.95 Å². The van der Waals surface area contributed by atoms with E-state index in [0.717, 1.165) is 54.9 Å². The van der Waals surface area contributed by atoms with Crippen molar-refractivity contribution in [3.8, 4) is 5.75 Å². The molecule has 0 spiro atoms. The maximum absolute atomic E-state index is 9.74. The summed E-state index contributed by atoms with van der Waals surface area (Å²) >= 11 is 0. The summed E-state index contributed by atoms with van der Waals surface area (Å²) in [6.45, 7) is 2.83. The molecule has 0 unspecified atom stereocenters. The molecule has 1 aromatic carbocycles. The first-order valence-corrected chi connectivity index (χ1v) is 12.0. The average molecular weight is 508 g/mol. The minimum atomic E-state index is 0. The number of fused-ring (bicyclic) bond motifs is 1. The lowest BCUT2D eigenvalue weighted by atomic mass is 9.92. The van der Waals surface area contributed by atoms with Crippen LogP contribution in [0, 0.1) is 0 Å². The molecule has 186 valence electrons. The SMILES string of the molecule is CCN(c1ccc(O)cc1)c1nc(NC2CCC(N)CC2)nc2c1ncn2C1CCCC1.Cl.Cl. The fourth-order valence-electron chi connectivity index (χ4n) is 5.14. The number of nitrogens with two attached hydrogens (primary N) is 1. The van der Waals surface area contributed by atoms with Crippen LogP contribution in [0.25, 0.3) is 11.2 Å². The third-order valence-electron chi connectivity index (χ3n) is 6.96. The quantitative estimate of drug-likeness (QED) is 0.413. The number of halogens is 2. The highest BCUT2D eigenvalue weighted by molar-refractivity contribution is 5.88. The van der Waals surface area contributed by atoms with Gasteiger partial charge >= 0.3 is 0 Å². The molecule has 5 rings (SSSR count). The van der Waals surface area contributed by atoms with Crippen molar-refractivity contribution >= 4 is 53.4 Å². The molecule has 4 N–H and O–H groups in total. The van der Waals surface area contributed by atoms with Gasteiger partial charge in [0.15, 0.2) is 17.0 Å². The van der Waals surface area contributed by atoms with Gasteiger partial charge in [-0.25, -0.2) is 4.98 Å². The molecule has 2 fully saturated rings. The smallest absolute Gasteiger partial charge is 0.227 e. The standard InChI is InChI=1S/C24H33N7O.2ClH/c1-2-30(19-11-13-20(32)14-12-19)22-21-23(31(15-26-21)18-5-3-4-6-18)29-24(28-22)27-17-9-7-16(25)8-10-17;;/h11-18,32H,2-10,25H2,1H3,(H,27,28,29);2*1H. The molecule has 2 aromatic heterocycles. The minimum absolute atomic E-state index is 0. The van der Waals surface area contributed by atoms with Gasteiger partial charge in [0.05, 0.1) is 6.33 Å². The van der Waals surface area contributed by atoms with Gasteiger partial charge in [0, 0.05) is 30.4 Å². The second kappa shape index (κ2) is 11.4. The van der Waals surface area contributed by atoms with Crippen molar-refractivity contribution in [2.24, 2.45) is 5.73 Å². The van der Waals surface area contributed by atoms with E-state index in [9.17, 15) is 5.11 Å². The molecule has 0 atom stereocenters. The topological polar surface area (TPSA) is 105 Å². The molecule has 3 aromatic rings. The number of rotatable bonds is 6. The zero-order chi connectivity index (χ0) is 22.1. The van der Waals surface area contributed by atoms with Gasteiger partial charge in [-0.05, 0) is 69.7 Å². The maximum atomic E-state index is 9.74. The highest BCUT2D eigenvalue weighted by Gasteiger charge is 2.25. The van der Waals surface area contributed by atoms with Gasteiger partial charge in [-0.2, -0.15) is 9.97 Å². The summed E-state index contributed by atoms with van der Waals surface area (Å²) in [5.41, 5.74) is 8.79. The number of nitrogens with one attached hydrogen (secondary N) is 1. The Bertz CT molecular complexity index is 1060. The monoisotopic (exact) mass is 507 g/mol. The Labute approximate surface area is 213 Å². The molecule has 2 aliphatic carbocycles. The van der Waals surface area contributed by atoms with Crippen LogP contribution in [0.2, 0.25) is 0 Å². The van der Waals surface area contributed by atoms with E-state index < -0.39 is 0 Å². The Kier molecular flexibility index (Phi) is 8.84. The molecule has 0 amide bonds. The first-order valence-electron chi connectivity index (χ1n) is 12.0. The number of aromatic nitrogens is 4. The molecule has 34 heavy (non-hydrogen) atoms. The fraction of sp³-hybridized carbons (Fsp3) is 0.542. The van der Waals surface area contributed by atoms with Gasteiger partial charge in [0.1, 0.15) is 5.75 Å². The number of nitrogens with zero attached hydrogens (tertiary/aromatic N) is 5. The van der Waals surface area contributed by atoms with Crippen molar-refractivity contribution in [3.63, 3.8) is 0 Å². The van der Waals surface area contributed by atoms with Crippen molar-refractivity contribution in [1.82, 2.24) is 19.5 Å². The van der Waals surface area contributed by atoms with Crippen molar-refractivity contribution < 1.29 is 5.11 Å². The van der Waals surface area contributed by atoms with Crippen LogP contribution < -0.4 is 16.0 Å². The number of phenolic OH excluding ortho intramolecular Hbond substituents is 1. The summed E-state index contributed by atoms with van der Waals surface area (Å²) in [5.74, 6) is 1.71. The van der Waals surface area contributed by atoms with E-state index in [1.165, 1.54) is 25.7 Å². The van der Waals surface area contributed by atoms with E-state index in [2.05, 4.69) is 21.7 Å². The summed E-state index contributed by atoms with van der Waals surface area (Å²) < 4.78 is 2.25. The van der Waals surface area contributed by atoms with Crippen molar-refractivity contribution in [1.29, 1.82) is 0 Å². The molecule has 0 bridgehead atoms. The normalized spacial score (nSPS) is 20.5. The molecular weight excluding hydrogens is 473 g/mol. The molecule has 2 saturated carbocycles. The molecule has 0 saturated heterocycles. The Morgan fingerprint density at radius 2 is 1.71 bits per heavy atom. The largest absolute Gasteiger partial charge is 0.508 e. The molecule has 2 aliphatic rings. The molecule has 0 aliphatic heterocycles. The Morgan fingerprint density at radius 3 is 2.35 bits per heavy atom. The lowest BCUT2D eigenvalue weighted by Crippen LogP contribution is -2.33. The van der Waals surface area contributed by atoms with E-state index in [1.54, 1.807) is 12.1 Å². The molecule has 2 heterocycles. The number of hydrogen-bond donors (Lipinski definition) is 3. The third-order valence-corrected chi connectivity index (χ3v) is 6.96. The molecule has 0 radical (unpaired) electrons. The fourth-order valence-corrected chi connectivity index (χ4v) is 5.14. The van der Waals surface area contributed by atoms with Gasteiger partial charge < -0.3 is 25.6 Å². The number of imidazole rings is 1. The van der Waals surface area contributed by atoms with Crippen LogP contribution in [-0.2, 0) is 0 Å². The summed E-state index contributed by atoms with van der Waals surface area (Å²) in [4.78, 5) is 16.8. The summed E-state index contributed by atoms with van der Waals surface area (Å²) in [6.07, 6.45) is 10.9. The summed E-state index contributed by atoms with van der Waals surface area (Å²) in [6, 6.07) is 8.34. The highest BCUT2D eigenvalue weighted by Crippen LogP contribution is 2.36. The lowest BCUT2D eigenvalue weighted by molar-refractivity contribution is 0.410. The van der Waals surface area contributed by atoms with E-state index >= 15 is 0 Å². The zero-order valence-corrected chi connectivity index (χ0v) is 21.2. The summed E-state index contributed by atoms with van der Waals surface area (Å²) in [7, 11) is 0. The van der Waals surface area contributed by atoms with Crippen molar-refractivity contribution in [3.05, 3.63) is 30.6 Å². The number of hydrogen-bond acceptors (Lipinski definition) is 7. The second-order valence-electron chi connectivity index (χ2n) is 9.15. The number of aromatic hydroxyl groups is 1. The van der Waals surface area contributed by atoms with Crippen molar-refractivity contribution in [2.45, 2.75) is 76.4 Å². The summed E-state index contributed by atoms with van der Waals surface area (Å²) in [5, 5.41) is 13.3. The van der Waals surface area contributed by atoms with Crippen LogP contribution in [0.5, 0.6) is 5.75 Å².